The first-order valence-electron chi connectivity index (χ1n) is 8.49. The van der Waals surface area contributed by atoms with Gasteiger partial charge in [-0.3, -0.25) is 4.79 Å². The van der Waals surface area contributed by atoms with Crippen molar-refractivity contribution in [1.82, 2.24) is 10.2 Å². The number of alkyl carbamates (subject to hydrolysis) is 1. The SMILES string of the molecule is CC(C)[C@H](N)C(=O)N1CCCC1CNC(=O)OCc1ccccc1. The molecule has 1 saturated heterocycles. The van der Waals surface area contributed by atoms with Crippen molar-refractivity contribution < 1.29 is 14.3 Å². The van der Waals surface area contributed by atoms with Crippen LogP contribution in [0.3, 0.4) is 0 Å². The van der Waals surface area contributed by atoms with Crippen LogP contribution in [0.25, 0.3) is 0 Å². The Morgan fingerprint density at radius 2 is 2.04 bits per heavy atom. The Balaban J connectivity index is 1.78. The summed E-state index contributed by atoms with van der Waals surface area (Å²) in [6.45, 7) is 5.20. The first-order valence-corrected chi connectivity index (χ1v) is 8.49. The zero-order chi connectivity index (χ0) is 17.5. The number of nitrogens with two attached hydrogens (primary N) is 1. The fourth-order valence-corrected chi connectivity index (χ4v) is 2.79. The Morgan fingerprint density at radius 1 is 1.33 bits per heavy atom. The highest BCUT2D eigenvalue weighted by Gasteiger charge is 2.32. The number of nitrogens with zero attached hydrogens (tertiary/aromatic N) is 1. The molecule has 24 heavy (non-hydrogen) atoms. The number of amides is 2. The average Bonchev–Trinajstić information content (AvgIpc) is 3.06. The highest BCUT2D eigenvalue weighted by atomic mass is 16.5. The number of carbonyl (C=O) groups is 2. The van der Waals surface area contributed by atoms with E-state index in [0.717, 1.165) is 18.4 Å². The lowest BCUT2D eigenvalue weighted by atomic mass is 10.0. The summed E-state index contributed by atoms with van der Waals surface area (Å²) in [6.07, 6.45) is 1.34. The molecule has 1 aromatic carbocycles. The van der Waals surface area contributed by atoms with Crippen LogP contribution >= 0.6 is 0 Å². The van der Waals surface area contributed by atoms with E-state index < -0.39 is 12.1 Å². The number of nitrogens with one attached hydrogen (secondary N) is 1. The van der Waals surface area contributed by atoms with Gasteiger partial charge in [0.1, 0.15) is 6.61 Å². The first-order chi connectivity index (χ1) is 11.5. The van der Waals surface area contributed by atoms with Gasteiger partial charge in [-0.05, 0) is 24.3 Å². The summed E-state index contributed by atoms with van der Waals surface area (Å²) in [6, 6.07) is 9.02. The van der Waals surface area contributed by atoms with Gasteiger partial charge in [0.2, 0.25) is 5.91 Å². The molecule has 0 saturated carbocycles. The fourth-order valence-electron chi connectivity index (χ4n) is 2.79. The third kappa shape index (κ3) is 4.96. The Labute approximate surface area is 143 Å². The fraction of sp³-hybridized carbons (Fsp3) is 0.556. The van der Waals surface area contributed by atoms with E-state index in [-0.39, 0.29) is 24.5 Å². The zero-order valence-corrected chi connectivity index (χ0v) is 14.4. The number of benzene rings is 1. The first kappa shape index (κ1) is 18.3. The Bertz CT molecular complexity index is 548. The van der Waals surface area contributed by atoms with Gasteiger partial charge in [0, 0.05) is 19.1 Å². The quantitative estimate of drug-likeness (QED) is 0.832. The molecule has 1 heterocycles. The second-order valence-corrected chi connectivity index (χ2v) is 6.54. The molecule has 1 aliphatic rings. The monoisotopic (exact) mass is 333 g/mol. The number of hydrogen-bond acceptors (Lipinski definition) is 4. The van der Waals surface area contributed by atoms with Crippen molar-refractivity contribution in [2.75, 3.05) is 13.1 Å². The van der Waals surface area contributed by atoms with Crippen LogP contribution in [0.1, 0.15) is 32.3 Å². The van der Waals surface area contributed by atoms with Gasteiger partial charge >= 0.3 is 6.09 Å². The number of rotatable bonds is 6. The molecule has 0 bridgehead atoms. The summed E-state index contributed by atoms with van der Waals surface area (Å²) < 4.78 is 5.19. The van der Waals surface area contributed by atoms with Gasteiger partial charge < -0.3 is 20.7 Å². The van der Waals surface area contributed by atoms with Crippen molar-refractivity contribution >= 4 is 12.0 Å². The Kier molecular flexibility index (Phi) is 6.61. The maximum atomic E-state index is 12.4. The van der Waals surface area contributed by atoms with Crippen LogP contribution in [-0.2, 0) is 16.1 Å². The largest absolute Gasteiger partial charge is 0.445 e. The number of carbonyl (C=O) groups excluding carboxylic acids is 2. The maximum absolute atomic E-state index is 12.4. The lowest BCUT2D eigenvalue weighted by molar-refractivity contribution is -0.134. The van der Waals surface area contributed by atoms with Crippen LogP contribution in [0, 0.1) is 5.92 Å². The highest BCUT2D eigenvalue weighted by molar-refractivity contribution is 5.82. The molecular weight excluding hydrogens is 306 g/mol. The summed E-state index contributed by atoms with van der Waals surface area (Å²) in [7, 11) is 0. The topological polar surface area (TPSA) is 84.7 Å². The van der Waals surface area contributed by atoms with Crippen molar-refractivity contribution in [1.29, 1.82) is 0 Å². The van der Waals surface area contributed by atoms with Crippen LogP contribution in [0.15, 0.2) is 30.3 Å². The van der Waals surface area contributed by atoms with E-state index in [9.17, 15) is 9.59 Å². The molecule has 6 nitrogen and oxygen atoms in total. The van der Waals surface area contributed by atoms with Crippen molar-refractivity contribution in [2.24, 2.45) is 11.7 Å². The summed E-state index contributed by atoms with van der Waals surface area (Å²) in [4.78, 5) is 26.0. The molecule has 2 atom stereocenters. The van der Waals surface area contributed by atoms with Gasteiger partial charge in [0.25, 0.3) is 0 Å². The van der Waals surface area contributed by atoms with Crippen molar-refractivity contribution in [3.05, 3.63) is 35.9 Å². The van der Waals surface area contributed by atoms with E-state index in [1.165, 1.54) is 0 Å². The molecule has 2 amide bonds. The van der Waals surface area contributed by atoms with Gasteiger partial charge in [0.05, 0.1) is 6.04 Å². The minimum atomic E-state index is -0.490. The third-order valence-electron chi connectivity index (χ3n) is 4.36. The van der Waals surface area contributed by atoms with E-state index in [0.29, 0.717) is 13.1 Å². The second-order valence-electron chi connectivity index (χ2n) is 6.54. The summed E-state index contributed by atoms with van der Waals surface area (Å²) in [5.41, 5.74) is 6.91. The maximum Gasteiger partial charge on any atom is 0.407 e. The molecule has 0 aliphatic carbocycles. The second kappa shape index (κ2) is 8.68. The smallest absolute Gasteiger partial charge is 0.407 e. The van der Waals surface area contributed by atoms with Gasteiger partial charge in [-0.1, -0.05) is 44.2 Å². The third-order valence-corrected chi connectivity index (χ3v) is 4.36. The van der Waals surface area contributed by atoms with Crippen LogP contribution in [0.2, 0.25) is 0 Å². The van der Waals surface area contributed by atoms with Crippen molar-refractivity contribution in [3.63, 3.8) is 0 Å². The molecule has 2 rings (SSSR count). The predicted octanol–water partition coefficient (Wildman–Crippen LogP) is 1.89. The van der Waals surface area contributed by atoms with E-state index in [4.69, 9.17) is 10.5 Å². The molecular formula is C18H27N3O3. The molecule has 0 aromatic heterocycles. The van der Waals surface area contributed by atoms with Gasteiger partial charge in [-0.2, -0.15) is 0 Å². The number of hydrogen-bond donors (Lipinski definition) is 2. The Morgan fingerprint density at radius 3 is 2.71 bits per heavy atom. The molecule has 1 fully saturated rings. The standard InChI is InChI=1S/C18H27N3O3/c1-13(2)16(19)17(22)21-10-6-9-15(21)11-20-18(23)24-12-14-7-4-3-5-8-14/h3-5,7-8,13,15-16H,6,9-12,19H2,1-2H3,(H,20,23)/t15?,16-/m0/s1. The summed E-state index contributed by atoms with van der Waals surface area (Å²) in [5, 5.41) is 2.75. The van der Waals surface area contributed by atoms with Crippen LogP contribution in [0.4, 0.5) is 4.79 Å². The number of likely N-dealkylation sites (tertiary alicyclic amines) is 1. The zero-order valence-electron chi connectivity index (χ0n) is 14.4. The van der Waals surface area contributed by atoms with E-state index in [2.05, 4.69) is 5.32 Å². The van der Waals surface area contributed by atoms with Crippen molar-refractivity contribution in [2.45, 2.75) is 45.4 Å². The van der Waals surface area contributed by atoms with E-state index in [1.807, 2.05) is 44.2 Å². The van der Waals surface area contributed by atoms with Crippen LogP contribution in [-0.4, -0.2) is 42.1 Å². The summed E-state index contributed by atoms with van der Waals surface area (Å²) in [5.74, 6) is 0.0644. The lowest BCUT2D eigenvalue weighted by Crippen LogP contribution is -2.51. The molecule has 132 valence electrons. The predicted molar refractivity (Wildman–Crippen MR) is 92.2 cm³/mol. The van der Waals surface area contributed by atoms with E-state index >= 15 is 0 Å². The molecule has 3 N–H and O–H groups in total. The molecule has 6 heteroatoms. The summed E-state index contributed by atoms with van der Waals surface area (Å²) >= 11 is 0. The van der Waals surface area contributed by atoms with Gasteiger partial charge in [-0.25, -0.2) is 4.79 Å². The molecule has 1 aliphatic heterocycles. The van der Waals surface area contributed by atoms with Gasteiger partial charge in [-0.15, -0.1) is 0 Å². The normalized spacial score (nSPS) is 18.5. The Hall–Kier alpha value is -2.08. The van der Waals surface area contributed by atoms with Gasteiger partial charge in [0.15, 0.2) is 0 Å². The minimum absolute atomic E-state index is 0.00780. The lowest BCUT2D eigenvalue weighted by Gasteiger charge is -2.28. The number of ether oxygens (including phenoxy) is 1. The highest BCUT2D eigenvalue weighted by Crippen LogP contribution is 2.19. The molecule has 1 aromatic rings. The van der Waals surface area contributed by atoms with E-state index in [1.54, 1.807) is 4.90 Å². The van der Waals surface area contributed by atoms with Crippen LogP contribution < -0.4 is 11.1 Å². The molecule has 0 radical (unpaired) electrons. The molecule has 1 unspecified atom stereocenters. The van der Waals surface area contributed by atoms with Crippen LogP contribution in [0.5, 0.6) is 0 Å². The van der Waals surface area contributed by atoms with Crippen molar-refractivity contribution in [3.8, 4) is 0 Å². The molecule has 0 spiro atoms. The minimum Gasteiger partial charge on any atom is -0.445 e. The average molecular weight is 333 g/mol.